The Hall–Kier alpha value is -2.16. The molecule has 0 spiro atoms. The topological polar surface area (TPSA) is 87.7 Å². The van der Waals surface area contributed by atoms with E-state index in [4.69, 9.17) is 11.6 Å². The van der Waals surface area contributed by atoms with Gasteiger partial charge in [0.25, 0.3) is 5.56 Å². The summed E-state index contributed by atoms with van der Waals surface area (Å²) in [6.07, 6.45) is -0.0496. The molecule has 27 heavy (non-hydrogen) atoms. The molecule has 0 aliphatic rings. The Bertz CT molecular complexity index is 1030. The van der Waals surface area contributed by atoms with Crippen LogP contribution in [0.25, 0.3) is 0 Å². The van der Waals surface area contributed by atoms with Crippen molar-refractivity contribution in [2.75, 3.05) is 5.32 Å². The molecule has 2 aromatic heterocycles. The van der Waals surface area contributed by atoms with Gasteiger partial charge in [-0.2, -0.15) is 0 Å². The van der Waals surface area contributed by atoms with Crippen molar-refractivity contribution >= 4 is 45.7 Å². The van der Waals surface area contributed by atoms with Gasteiger partial charge in [-0.05, 0) is 31.5 Å². The van der Waals surface area contributed by atoms with E-state index < -0.39 is 0 Å². The average molecular weight is 421 g/mol. The zero-order valence-electron chi connectivity index (χ0n) is 14.7. The smallest absolute Gasteiger partial charge is 0.255 e. The minimum atomic E-state index is -0.304. The molecule has 0 aliphatic heterocycles. The number of aryl methyl sites for hydroxylation is 2. The van der Waals surface area contributed by atoms with Crippen molar-refractivity contribution < 1.29 is 4.79 Å². The quantitative estimate of drug-likeness (QED) is 0.465. The summed E-state index contributed by atoms with van der Waals surface area (Å²) in [5, 5.41) is 6.25. The average Bonchev–Trinajstić information content (AvgIpc) is 3.01. The maximum absolute atomic E-state index is 12.4. The van der Waals surface area contributed by atoms with Crippen LogP contribution < -0.4 is 10.9 Å². The summed E-state index contributed by atoms with van der Waals surface area (Å²) in [6, 6.07) is 7.53. The van der Waals surface area contributed by atoms with E-state index in [9.17, 15) is 9.59 Å². The van der Waals surface area contributed by atoms with E-state index in [0.717, 1.165) is 11.3 Å². The number of aromatic amines is 1. The summed E-state index contributed by atoms with van der Waals surface area (Å²) >= 11 is 8.74. The second-order valence-corrected chi connectivity index (χ2v) is 8.13. The molecule has 1 amide bonds. The van der Waals surface area contributed by atoms with E-state index in [-0.39, 0.29) is 17.9 Å². The number of anilines is 1. The normalized spacial score (nSPS) is 10.8. The lowest BCUT2D eigenvalue weighted by atomic mass is 10.1. The fourth-order valence-corrected chi connectivity index (χ4v) is 4.14. The number of hydrogen-bond acceptors (Lipinski definition) is 6. The van der Waals surface area contributed by atoms with Gasteiger partial charge in [-0.15, -0.1) is 11.3 Å². The first-order valence-electron chi connectivity index (χ1n) is 8.09. The van der Waals surface area contributed by atoms with Gasteiger partial charge in [-0.25, -0.2) is 9.97 Å². The lowest BCUT2D eigenvalue weighted by Gasteiger charge is -2.07. The van der Waals surface area contributed by atoms with Crippen LogP contribution in [0.15, 0.2) is 39.6 Å². The van der Waals surface area contributed by atoms with E-state index in [1.54, 1.807) is 6.92 Å². The molecule has 0 unspecified atom stereocenters. The van der Waals surface area contributed by atoms with Crippen LogP contribution in [0.5, 0.6) is 0 Å². The zero-order valence-corrected chi connectivity index (χ0v) is 17.1. The van der Waals surface area contributed by atoms with E-state index >= 15 is 0 Å². The molecule has 0 bridgehead atoms. The first-order chi connectivity index (χ1) is 12.9. The van der Waals surface area contributed by atoms with Crippen molar-refractivity contribution in [2.24, 2.45) is 0 Å². The number of aromatic nitrogens is 3. The van der Waals surface area contributed by atoms with Gasteiger partial charge in [0, 0.05) is 27.4 Å². The number of H-pyrrole nitrogens is 1. The molecule has 1 aromatic carbocycles. The number of carbonyl (C=O) groups excluding carboxylic acids is 1. The molecule has 0 radical (unpaired) electrons. The van der Waals surface area contributed by atoms with Crippen LogP contribution in [0, 0.1) is 13.8 Å². The van der Waals surface area contributed by atoms with Crippen molar-refractivity contribution in [2.45, 2.75) is 31.2 Å². The maximum atomic E-state index is 12.4. The highest BCUT2D eigenvalue weighted by molar-refractivity contribution is 7.98. The number of benzene rings is 1. The van der Waals surface area contributed by atoms with Gasteiger partial charge in [0.05, 0.1) is 12.1 Å². The summed E-state index contributed by atoms with van der Waals surface area (Å²) < 4.78 is 0. The lowest BCUT2D eigenvalue weighted by molar-refractivity contribution is -0.115. The van der Waals surface area contributed by atoms with E-state index in [1.165, 1.54) is 23.1 Å². The third kappa shape index (κ3) is 5.41. The fourth-order valence-electron chi connectivity index (χ4n) is 2.38. The number of thiazole rings is 1. The van der Waals surface area contributed by atoms with Crippen LogP contribution in [0.4, 0.5) is 5.13 Å². The Balaban J connectivity index is 1.67. The summed E-state index contributed by atoms with van der Waals surface area (Å²) in [4.78, 5) is 35.9. The third-order valence-corrected chi connectivity index (χ3v) is 5.72. The lowest BCUT2D eigenvalue weighted by Crippen LogP contribution is -2.23. The molecule has 2 heterocycles. The summed E-state index contributed by atoms with van der Waals surface area (Å²) in [7, 11) is 0. The Kier molecular flexibility index (Phi) is 6.30. The molecule has 0 saturated heterocycles. The highest BCUT2D eigenvalue weighted by Crippen LogP contribution is 2.21. The van der Waals surface area contributed by atoms with E-state index in [2.05, 4.69) is 20.3 Å². The molecular weight excluding hydrogens is 404 g/mol. The van der Waals surface area contributed by atoms with Crippen LogP contribution in [0.1, 0.15) is 22.5 Å². The molecule has 3 rings (SSSR count). The first-order valence-corrected chi connectivity index (χ1v) is 10.3. The van der Waals surface area contributed by atoms with Crippen LogP contribution in [0.3, 0.4) is 0 Å². The van der Waals surface area contributed by atoms with Gasteiger partial charge in [0.2, 0.25) is 5.91 Å². The summed E-state index contributed by atoms with van der Waals surface area (Å²) in [6.45, 7) is 3.58. The van der Waals surface area contributed by atoms with Gasteiger partial charge in [-0.3, -0.25) is 9.59 Å². The number of rotatable bonds is 6. The molecule has 0 fully saturated rings. The Morgan fingerprint density at radius 2 is 2.15 bits per heavy atom. The van der Waals surface area contributed by atoms with Crippen molar-refractivity contribution in [3.63, 3.8) is 0 Å². The molecular formula is C18H17ClN4O2S2. The van der Waals surface area contributed by atoms with E-state index in [0.29, 0.717) is 32.3 Å². The van der Waals surface area contributed by atoms with Gasteiger partial charge >= 0.3 is 0 Å². The minimum absolute atomic E-state index is 0.0496. The van der Waals surface area contributed by atoms with Crippen molar-refractivity contribution in [1.29, 1.82) is 0 Å². The van der Waals surface area contributed by atoms with Gasteiger partial charge in [-0.1, -0.05) is 35.5 Å². The summed E-state index contributed by atoms with van der Waals surface area (Å²) in [5.74, 6) is 0.339. The first kappa shape index (κ1) is 19.6. The van der Waals surface area contributed by atoms with Gasteiger partial charge < -0.3 is 10.3 Å². The number of nitrogens with zero attached hydrogens (tertiary/aromatic N) is 2. The molecule has 9 heteroatoms. The van der Waals surface area contributed by atoms with Crippen molar-refractivity contribution in [3.05, 3.63) is 67.5 Å². The standard InChI is InChI=1S/C18H17ClN4O2S2/c1-10-8-26-17(20-10)22-15(24)7-14-11(2)21-18(23-16(14)25)27-9-12-4-3-5-13(19)6-12/h3-6,8H,7,9H2,1-2H3,(H,20,22,24)(H,21,23,25). The van der Waals surface area contributed by atoms with E-state index in [1.807, 2.05) is 36.6 Å². The maximum Gasteiger partial charge on any atom is 0.255 e. The molecule has 2 N–H and O–H groups in total. The largest absolute Gasteiger partial charge is 0.302 e. The molecule has 0 atom stereocenters. The highest BCUT2D eigenvalue weighted by atomic mass is 35.5. The van der Waals surface area contributed by atoms with Crippen molar-refractivity contribution in [3.8, 4) is 0 Å². The minimum Gasteiger partial charge on any atom is -0.302 e. The third-order valence-electron chi connectivity index (χ3n) is 3.67. The molecule has 3 aromatic rings. The Morgan fingerprint density at radius 1 is 1.33 bits per heavy atom. The monoisotopic (exact) mass is 420 g/mol. The van der Waals surface area contributed by atoms with Gasteiger partial charge in [0.1, 0.15) is 0 Å². The highest BCUT2D eigenvalue weighted by Gasteiger charge is 2.14. The number of hydrogen-bond donors (Lipinski definition) is 2. The molecule has 6 nitrogen and oxygen atoms in total. The van der Waals surface area contributed by atoms with Crippen LogP contribution in [-0.4, -0.2) is 20.9 Å². The van der Waals surface area contributed by atoms with Crippen molar-refractivity contribution in [1.82, 2.24) is 15.0 Å². The predicted molar refractivity (Wildman–Crippen MR) is 110 cm³/mol. The number of amides is 1. The molecule has 0 aliphatic carbocycles. The number of thioether (sulfide) groups is 1. The summed E-state index contributed by atoms with van der Waals surface area (Å²) in [5.41, 5.74) is 2.47. The second-order valence-electron chi connectivity index (χ2n) is 5.87. The Morgan fingerprint density at radius 3 is 2.81 bits per heavy atom. The second kappa shape index (κ2) is 8.69. The van der Waals surface area contributed by atoms with Gasteiger partial charge in [0.15, 0.2) is 10.3 Å². The predicted octanol–water partition coefficient (Wildman–Crippen LogP) is 3.97. The molecule has 140 valence electrons. The number of halogens is 1. The van der Waals surface area contributed by atoms with Crippen LogP contribution in [0.2, 0.25) is 5.02 Å². The molecule has 0 saturated carbocycles. The zero-order chi connectivity index (χ0) is 19.4. The van der Waals surface area contributed by atoms with Crippen LogP contribution in [-0.2, 0) is 17.0 Å². The SMILES string of the molecule is Cc1csc(NC(=O)Cc2c(C)nc(SCc3cccc(Cl)c3)[nH]c2=O)n1. The fraction of sp³-hybridized carbons (Fsp3) is 0.222. The number of nitrogens with one attached hydrogen (secondary N) is 2. The number of carbonyl (C=O) groups is 1. The van der Waals surface area contributed by atoms with Crippen LogP contribution >= 0.6 is 34.7 Å². The Labute approximate surface area is 169 Å².